The molecule has 1 aliphatic rings. The Labute approximate surface area is 128 Å². The molecule has 0 fully saturated rings. The Morgan fingerprint density at radius 3 is 2.80 bits per heavy atom. The van der Waals surface area contributed by atoms with Gasteiger partial charge in [0.1, 0.15) is 11.9 Å². The van der Waals surface area contributed by atoms with Gasteiger partial charge >= 0.3 is 0 Å². The van der Waals surface area contributed by atoms with E-state index in [1.54, 1.807) is 12.1 Å². The topological polar surface area (TPSA) is 38.7 Å². The summed E-state index contributed by atoms with van der Waals surface area (Å²) >= 11 is 9.38. The van der Waals surface area contributed by atoms with Crippen LogP contribution in [0, 0.1) is 5.82 Å². The van der Waals surface area contributed by atoms with Crippen LogP contribution in [0.5, 0.6) is 11.5 Å². The van der Waals surface area contributed by atoms with E-state index in [1.807, 2.05) is 0 Å². The Kier molecular flexibility index (Phi) is 3.58. The van der Waals surface area contributed by atoms with Crippen LogP contribution in [0.2, 0.25) is 5.02 Å². The minimum Gasteiger partial charge on any atom is -0.454 e. The van der Waals surface area contributed by atoms with Gasteiger partial charge in [-0.2, -0.15) is 0 Å². The summed E-state index contributed by atoms with van der Waals surface area (Å²) in [6.07, 6.45) is -1.07. The molecule has 1 aliphatic heterocycles. The van der Waals surface area contributed by atoms with Gasteiger partial charge in [-0.3, -0.25) is 0 Å². The maximum atomic E-state index is 13.3. The van der Waals surface area contributed by atoms with E-state index in [0.717, 1.165) is 0 Å². The Balaban J connectivity index is 2.07. The standard InChI is InChI=1S/C14H9BrClFO3/c15-12-8(2-4-11-14(12)20-6-19-11)13(18)9-5-7(17)1-3-10(9)16/h1-5,13,18H,6H2. The van der Waals surface area contributed by atoms with Gasteiger partial charge in [0.15, 0.2) is 11.5 Å². The minimum absolute atomic E-state index is 0.133. The lowest BCUT2D eigenvalue weighted by atomic mass is 10.0. The quantitative estimate of drug-likeness (QED) is 0.879. The Morgan fingerprint density at radius 1 is 1.20 bits per heavy atom. The van der Waals surface area contributed by atoms with Crippen molar-refractivity contribution in [3.63, 3.8) is 0 Å². The van der Waals surface area contributed by atoms with Crippen molar-refractivity contribution in [2.75, 3.05) is 6.79 Å². The smallest absolute Gasteiger partial charge is 0.231 e. The highest BCUT2D eigenvalue weighted by molar-refractivity contribution is 9.10. The SMILES string of the molecule is OC(c1cc(F)ccc1Cl)c1ccc2c(c1Br)OCO2. The second-order valence-corrected chi connectivity index (χ2v) is 5.47. The normalized spacial score (nSPS) is 14.4. The van der Waals surface area contributed by atoms with E-state index < -0.39 is 11.9 Å². The fraction of sp³-hybridized carbons (Fsp3) is 0.143. The summed E-state index contributed by atoms with van der Waals surface area (Å²) in [4.78, 5) is 0. The van der Waals surface area contributed by atoms with Gasteiger partial charge in [-0.25, -0.2) is 4.39 Å². The molecule has 6 heteroatoms. The predicted octanol–water partition coefficient (Wildman–Crippen LogP) is 4.05. The average molecular weight is 360 g/mol. The van der Waals surface area contributed by atoms with E-state index in [0.29, 0.717) is 32.1 Å². The van der Waals surface area contributed by atoms with E-state index in [-0.39, 0.29) is 6.79 Å². The van der Waals surface area contributed by atoms with Crippen LogP contribution in [0.1, 0.15) is 17.2 Å². The van der Waals surface area contributed by atoms with Crippen LogP contribution in [-0.2, 0) is 0 Å². The number of rotatable bonds is 2. The summed E-state index contributed by atoms with van der Waals surface area (Å²) in [6, 6.07) is 7.25. The first-order chi connectivity index (χ1) is 9.58. The monoisotopic (exact) mass is 358 g/mol. The van der Waals surface area contributed by atoms with E-state index in [1.165, 1.54) is 18.2 Å². The van der Waals surface area contributed by atoms with Crippen LogP contribution >= 0.6 is 27.5 Å². The van der Waals surface area contributed by atoms with Crippen molar-refractivity contribution in [1.82, 2.24) is 0 Å². The first kappa shape index (κ1) is 13.7. The number of aliphatic hydroxyl groups is 1. The van der Waals surface area contributed by atoms with Gasteiger partial charge in [0, 0.05) is 16.1 Å². The highest BCUT2D eigenvalue weighted by Crippen LogP contribution is 2.44. The zero-order chi connectivity index (χ0) is 14.3. The van der Waals surface area contributed by atoms with Gasteiger partial charge in [-0.1, -0.05) is 17.7 Å². The van der Waals surface area contributed by atoms with Gasteiger partial charge in [0.05, 0.1) is 4.47 Å². The van der Waals surface area contributed by atoms with Gasteiger partial charge in [0.2, 0.25) is 6.79 Å². The van der Waals surface area contributed by atoms with Crippen LogP contribution in [-0.4, -0.2) is 11.9 Å². The molecular weight excluding hydrogens is 351 g/mol. The van der Waals surface area contributed by atoms with Crippen molar-refractivity contribution >= 4 is 27.5 Å². The first-order valence-corrected chi connectivity index (χ1v) is 6.96. The molecule has 1 unspecified atom stereocenters. The lowest BCUT2D eigenvalue weighted by Gasteiger charge is -2.16. The number of hydrogen-bond acceptors (Lipinski definition) is 3. The molecule has 1 N–H and O–H groups in total. The third kappa shape index (κ3) is 2.26. The Bertz CT molecular complexity index is 678. The highest BCUT2D eigenvalue weighted by Gasteiger charge is 2.24. The summed E-state index contributed by atoms with van der Waals surface area (Å²) in [7, 11) is 0. The predicted molar refractivity (Wildman–Crippen MR) is 75.7 cm³/mol. The first-order valence-electron chi connectivity index (χ1n) is 5.79. The molecule has 0 saturated carbocycles. The van der Waals surface area contributed by atoms with Gasteiger partial charge < -0.3 is 14.6 Å². The molecule has 0 spiro atoms. The second-order valence-electron chi connectivity index (χ2n) is 4.27. The number of aliphatic hydroxyl groups excluding tert-OH is 1. The zero-order valence-electron chi connectivity index (χ0n) is 10.1. The lowest BCUT2D eigenvalue weighted by molar-refractivity contribution is 0.173. The Hall–Kier alpha value is -1.30. The molecule has 20 heavy (non-hydrogen) atoms. The summed E-state index contributed by atoms with van der Waals surface area (Å²) in [6.45, 7) is 0.133. The number of halogens is 3. The van der Waals surface area contributed by atoms with Gasteiger partial charge in [-0.15, -0.1) is 0 Å². The molecule has 0 aromatic heterocycles. The van der Waals surface area contributed by atoms with Crippen molar-refractivity contribution in [3.05, 3.63) is 56.8 Å². The number of hydrogen-bond donors (Lipinski definition) is 1. The van der Waals surface area contributed by atoms with Crippen LogP contribution in [0.4, 0.5) is 4.39 Å². The molecule has 0 aliphatic carbocycles. The van der Waals surface area contributed by atoms with E-state index in [9.17, 15) is 9.50 Å². The molecular formula is C14H9BrClFO3. The molecule has 104 valence electrons. The van der Waals surface area contributed by atoms with E-state index in [2.05, 4.69) is 15.9 Å². The molecule has 3 rings (SSSR count). The average Bonchev–Trinajstić information content (AvgIpc) is 2.90. The third-order valence-electron chi connectivity index (χ3n) is 3.06. The van der Waals surface area contributed by atoms with Crippen molar-refractivity contribution in [3.8, 4) is 11.5 Å². The summed E-state index contributed by atoms with van der Waals surface area (Å²) in [5, 5.41) is 10.7. The van der Waals surface area contributed by atoms with Crippen molar-refractivity contribution in [2.45, 2.75) is 6.10 Å². The molecule has 0 radical (unpaired) electrons. The molecule has 2 aromatic carbocycles. The van der Waals surface area contributed by atoms with Crippen molar-refractivity contribution in [1.29, 1.82) is 0 Å². The molecule has 3 nitrogen and oxygen atoms in total. The van der Waals surface area contributed by atoms with Crippen LogP contribution in [0.3, 0.4) is 0 Å². The fourth-order valence-corrected chi connectivity index (χ4v) is 2.94. The second kappa shape index (κ2) is 5.24. The van der Waals surface area contributed by atoms with Gasteiger partial charge in [0.25, 0.3) is 0 Å². The number of benzene rings is 2. The zero-order valence-corrected chi connectivity index (χ0v) is 12.4. The molecule has 0 saturated heterocycles. The van der Waals surface area contributed by atoms with Crippen molar-refractivity contribution in [2.24, 2.45) is 0 Å². The van der Waals surface area contributed by atoms with E-state index >= 15 is 0 Å². The minimum atomic E-state index is -1.07. The largest absolute Gasteiger partial charge is 0.454 e. The van der Waals surface area contributed by atoms with E-state index in [4.69, 9.17) is 21.1 Å². The summed E-state index contributed by atoms with van der Waals surface area (Å²) < 4.78 is 24.5. The van der Waals surface area contributed by atoms with Crippen LogP contribution < -0.4 is 9.47 Å². The number of ether oxygens (including phenoxy) is 2. The van der Waals surface area contributed by atoms with Crippen molar-refractivity contribution < 1.29 is 19.0 Å². The summed E-state index contributed by atoms with van der Waals surface area (Å²) in [5.41, 5.74) is 0.827. The number of fused-ring (bicyclic) bond motifs is 1. The molecule has 0 amide bonds. The third-order valence-corrected chi connectivity index (χ3v) is 4.22. The van der Waals surface area contributed by atoms with Crippen LogP contribution in [0.25, 0.3) is 0 Å². The molecule has 0 bridgehead atoms. The van der Waals surface area contributed by atoms with Crippen LogP contribution in [0.15, 0.2) is 34.8 Å². The Morgan fingerprint density at radius 2 is 2.00 bits per heavy atom. The highest BCUT2D eigenvalue weighted by atomic mass is 79.9. The maximum absolute atomic E-state index is 13.3. The molecule has 2 aromatic rings. The summed E-state index contributed by atoms with van der Waals surface area (Å²) in [5.74, 6) is 0.660. The molecule has 1 atom stereocenters. The van der Waals surface area contributed by atoms with Gasteiger partial charge in [-0.05, 0) is 40.2 Å². The fourth-order valence-electron chi connectivity index (χ4n) is 2.06. The molecule has 1 heterocycles. The lowest BCUT2D eigenvalue weighted by Crippen LogP contribution is -2.02. The maximum Gasteiger partial charge on any atom is 0.231 e.